The van der Waals surface area contributed by atoms with Crippen molar-refractivity contribution in [1.82, 2.24) is 0 Å². The molecule has 3 nitrogen and oxygen atoms in total. The van der Waals surface area contributed by atoms with Crippen LogP contribution in [0.1, 0.15) is 15.9 Å². The van der Waals surface area contributed by atoms with Gasteiger partial charge in [0.05, 0.1) is 4.47 Å². The predicted molar refractivity (Wildman–Crippen MR) is 77.6 cm³/mol. The van der Waals surface area contributed by atoms with Gasteiger partial charge in [0, 0.05) is 16.9 Å². The molecule has 98 valence electrons. The lowest BCUT2D eigenvalue weighted by atomic mass is 10.1. The Labute approximate surface area is 118 Å². The second-order valence-corrected chi connectivity index (χ2v) is 5.01. The number of anilines is 2. The van der Waals surface area contributed by atoms with Gasteiger partial charge in [-0.2, -0.15) is 0 Å². The van der Waals surface area contributed by atoms with Crippen molar-refractivity contribution in [3.05, 3.63) is 57.8 Å². The maximum absolute atomic E-state index is 13.3. The molecule has 1 amide bonds. The lowest BCUT2D eigenvalue weighted by molar-refractivity contribution is 0.102. The highest BCUT2D eigenvalue weighted by atomic mass is 79.9. The number of nitrogen functional groups attached to an aromatic ring is 1. The predicted octanol–water partition coefficient (Wildman–Crippen LogP) is 3.73. The molecular weight excluding hydrogens is 311 g/mol. The number of halogens is 2. The summed E-state index contributed by atoms with van der Waals surface area (Å²) in [5.41, 5.74) is 8.04. The number of hydrogen-bond donors (Lipinski definition) is 2. The first kappa shape index (κ1) is 13.5. The van der Waals surface area contributed by atoms with Crippen LogP contribution in [0.25, 0.3) is 0 Å². The number of rotatable bonds is 2. The van der Waals surface area contributed by atoms with Crippen molar-refractivity contribution in [3.8, 4) is 0 Å². The van der Waals surface area contributed by atoms with E-state index in [1.54, 1.807) is 30.3 Å². The molecule has 0 saturated carbocycles. The first-order chi connectivity index (χ1) is 8.97. The van der Waals surface area contributed by atoms with E-state index in [9.17, 15) is 9.18 Å². The molecule has 0 aromatic heterocycles. The van der Waals surface area contributed by atoms with Crippen LogP contribution in [0.4, 0.5) is 15.8 Å². The van der Waals surface area contributed by atoms with Crippen molar-refractivity contribution in [2.24, 2.45) is 0 Å². The molecule has 0 aliphatic carbocycles. The van der Waals surface area contributed by atoms with Crippen LogP contribution < -0.4 is 11.1 Å². The molecule has 0 fully saturated rings. The Morgan fingerprint density at radius 2 is 2.00 bits per heavy atom. The highest BCUT2D eigenvalue weighted by Crippen LogP contribution is 2.20. The summed E-state index contributed by atoms with van der Waals surface area (Å²) in [5.74, 6) is -0.726. The third kappa shape index (κ3) is 3.12. The van der Waals surface area contributed by atoms with Crippen LogP contribution >= 0.6 is 15.9 Å². The van der Waals surface area contributed by atoms with Crippen LogP contribution in [0.2, 0.25) is 0 Å². The number of carbonyl (C=O) groups excluding carboxylic acids is 1. The second-order valence-electron chi connectivity index (χ2n) is 4.15. The van der Waals surface area contributed by atoms with Gasteiger partial charge in [-0.1, -0.05) is 0 Å². The number of hydrogen-bond acceptors (Lipinski definition) is 2. The SMILES string of the molecule is Cc1cc(C(=O)Nc2ccc(Br)c(F)c2)ccc1N. The van der Waals surface area contributed by atoms with E-state index < -0.39 is 5.82 Å². The maximum atomic E-state index is 13.3. The average molecular weight is 323 g/mol. The molecule has 0 bridgehead atoms. The molecule has 5 heteroatoms. The molecule has 3 N–H and O–H groups in total. The van der Waals surface area contributed by atoms with Crippen molar-refractivity contribution < 1.29 is 9.18 Å². The summed E-state index contributed by atoms with van der Waals surface area (Å²) in [6, 6.07) is 9.42. The number of carbonyl (C=O) groups is 1. The highest BCUT2D eigenvalue weighted by Gasteiger charge is 2.08. The van der Waals surface area contributed by atoms with Gasteiger partial charge in [0.25, 0.3) is 5.91 Å². The van der Waals surface area contributed by atoms with E-state index in [-0.39, 0.29) is 5.91 Å². The van der Waals surface area contributed by atoms with Crippen LogP contribution in [0.15, 0.2) is 40.9 Å². The molecule has 2 aromatic carbocycles. The number of amides is 1. The summed E-state index contributed by atoms with van der Waals surface area (Å²) in [6.45, 7) is 1.82. The Balaban J connectivity index is 2.20. The molecule has 2 aromatic rings. The van der Waals surface area contributed by atoms with Gasteiger partial charge in [-0.05, 0) is 64.8 Å². The van der Waals surface area contributed by atoms with E-state index in [1.807, 2.05) is 6.92 Å². The Bertz CT molecular complexity index is 643. The van der Waals surface area contributed by atoms with E-state index in [1.165, 1.54) is 6.07 Å². The number of benzene rings is 2. The Morgan fingerprint density at radius 3 is 2.63 bits per heavy atom. The van der Waals surface area contributed by atoms with E-state index in [0.717, 1.165) is 5.56 Å². The molecule has 2 rings (SSSR count). The van der Waals surface area contributed by atoms with Gasteiger partial charge in [0.1, 0.15) is 5.82 Å². The first-order valence-electron chi connectivity index (χ1n) is 5.60. The standard InChI is InChI=1S/C14H12BrFN2O/c1-8-6-9(2-5-13(8)17)14(19)18-10-3-4-11(15)12(16)7-10/h2-7H,17H2,1H3,(H,18,19). The second kappa shape index (κ2) is 5.40. The van der Waals surface area contributed by atoms with Crippen LogP contribution in [-0.4, -0.2) is 5.91 Å². The lowest BCUT2D eigenvalue weighted by Crippen LogP contribution is -2.12. The smallest absolute Gasteiger partial charge is 0.255 e. The quantitative estimate of drug-likeness (QED) is 0.828. The van der Waals surface area contributed by atoms with Gasteiger partial charge < -0.3 is 11.1 Å². The van der Waals surface area contributed by atoms with Gasteiger partial charge in [0.2, 0.25) is 0 Å². The molecule has 0 saturated heterocycles. The third-order valence-corrected chi connectivity index (χ3v) is 3.35. The number of nitrogens with one attached hydrogen (secondary N) is 1. The van der Waals surface area contributed by atoms with Crippen molar-refractivity contribution in [3.63, 3.8) is 0 Å². The summed E-state index contributed by atoms with van der Waals surface area (Å²) in [4.78, 5) is 12.0. The Morgan fingerprint density at radius 1 is 1.26 bits per heavy atom. The largest absolute Gasteiger partial charge is 0.399 e. The van der Waals surface area contributed by atoms with Crippen LogP contribution in [0, 0.1) is 12.7 Å². The Hall–Kier alpha value is -1.88. The summed E-state index contributed by atoms with van der Waals surface area (Å²) in [5, 5.41) is 2.63. The van der Waals surface area contributed by atoms with Crippen LogP contribution in [0.3, 0.4) is 0 Å². The summed E-state index contributed by atoms with van der Waals surface area (Å²) in [6.07, 6.45) is 0. The zero-order valence-corrected chi connectivity index (χ0v) is 11.8. The van der Waals surface area contributed by atoms with Gasteiger partial charge in [-0.3, -0.25) is 4.79 Å². The molecular formula is C14H12BrFN2O. The Kier molecular flexibility index (Phi) is 3.85. The zero-order valence-electron chi connectivity index (χ0n) is 10.2. The molecule has 0 unspecified atom stereocenters. The molecule has 0 aliphatic rings. The molecule has 0 spiro atoms. The van der Waals surface area contributed by atoms with Gasteiger partial charge in [0.15, 0.2) is 0 Å². The number of aryl methyl sites for hydroxylation is 1. The van der Waals surface area contributed by atoms with Crippen molar-refractivity contribution >= 4 is 33.2 Å². The van der Waals surface area contributed by atoms with Gasteiger partial charge >= 0.3 is 0 Å². The normalized spacial score (nSPS) is 10.3. The minimum Gasteiger partial charge on any atom is -0.399 e. The molecule has 19 heavy (non-hydrogen) atoms. The van der Waals surface area contributed by atoms with Gasteiger partial charge in [-0.25, -0.2) is 4.39 Å². The molecule has 0 atom stereocenters. The molecule has 0 heterocycles. The van der Waals surface area contributed by atoms with E-state index in [4.69, 9.17) is 5.73 Å². The van der Waals surface area contributed by atoms with E-state index in [2.05, 4.69) is 21.2 Å². The monoisotopic (exact) mass is 322 g/mol. The van der Waals surface area contributed by atoms with Gasteiger partial charge in [-0.15, -0.1) is 0 Å². The van der Waals surface area contributed by atoms with Crippen molar-refractivity contribution in [2.45, 2.75) is 6.92 Å². The van der Waals surface area contributed by atoms with Crippen molar-refractivity contribution in [2.75, 3.05) is 11.1 Å². The minimum atomic E-state index is -0.425. The summed E-state index contributed by atoms with van der Waals surface area (Å²) in [7, 11) is 0. The maximum Gasteiger partial charge on any atom is 0.255 e. The molecule has 0 radical (unpaired) electrons. The third-order valence-electron chi connectivity index (χ3n) is 2.71. The first-order valence-corrected chi connectivity index (χ1v) is 6.39. The fourth-order valence-corrected chi connectivity index (χ4v) is 1.84. The summed E-state index contributed by atoms with van der Waals surface area (Å²) < 4.78 is 13.7. The van der Waals surface area contributed by atoms with E-state index in [0.29, 0.717) is 21.4 Å². The van der Waals surface area contributed by atoms with E-state index >= 15 is 0 Å². The lowest BCUT2D eigenvalue weighted by Gasteiger charge is -2.07. The fraction of sp³-hybridized carbons (Fsp3) is 0.0714. The number of nitrogens with two attached hydrogens (primary N) is 1. The van der Waals surface area contributed by atoms with Crippen LogP contribution in [-0.2, 0) is 0 Å². The summed E-state index contributed by atoms with van der Waals surface area (Å²) >= 11 is 3.06. The van der Waals surface area contributed by atoms with Crippen molar-refractivity contribution in [1.29, 1.82) is 0 Å². The fourth-order valence-electron chi connectivity index (χ4n) is 1.59. The minimum absolute atomic E-state index is 0.301. The zero-order chi connectivity index (χ0) is 14.0. The topological polar surface area (TPSA) is 55.1 Å². The van der Waals surface area contributed by atoms with Crippen LogP contribution in [0.5, 0.6) is 0 Å². The average Bonchev–Trinajstić information content (AvgIpc) is 2.37. The molecule has 0 aliphatic heterocycles. The highest BCUT2D eigenvalue weighted by molar-refractivity contribution is 9.10.